The minimum Gasteiger partial charge on any atom is -0.299 e. The zero-order chi connectivity index (χ0) is 14.7. The van der Waals surface area contributed by atoms with Crippen molar-refractivity contribution in [2.24, 2.45) is 0 Å². The molecule has 2 rings (SSSR count). The van der Waals surface area contributed by atoms with Gasteiger partial charge in [-0.3, -0.25) is 4.79 Å². The van der Waals surface area contributed by atoms with Crippen molar-refractivity contribution in [1.29, 1.82) is 0 Å². The summed E-state index contributed by atoms with van der Waals surface area (Å²) >= 11 is 11.8. The minimum atomic E-state index is -0.726. The molecular weight excluding hydrogens is 305 g/mol. The van der Waals surface area contributed by atoms with Crippen LogP contribution in [0.5, 0.6) is 0 Å². The lowest BCUT2D eigenvalue weighted by molar-refractivity contribution is -0.117. The molecule has 0 fully saturated rings. The molecule has 0 spiro atoms. The fourth-order valence-corrected chi connectivity index (χ4v) is 2.25. The Balaban J connectivity index is 2.16. The van der Waals surface area contributed by atoms with Crippen molar-refractivity contribution in [2.75, 3.05) is 0 Å². The average Bonchev–Trinajstić information content (AvgIpc) is 2.39. The van der Waals surface area contributed by atoms with Crippen molar-refractivity contribution in [3.63, 3.8) is 0 Å². The molecule has 0 saturated carbocycles. The number of benzene rings is 2. The third kappa shape index (κ3) is 3.35. The van der Waals surface area contributed by atoms with E-state index in [1.165, 1.54) is 6.07 Å². The molecule has 0 amide bonds. The lowest BCUT2D eigenvalue weighted by atomic mass is 10.0. The summed E-state index contributed by atoms with van der Waals surface area (Å²) in [5.41, 5.74) is 0.316. The summed E-state index contributed by atoms with van der Waals surface area (Å²) in [6.07, 6.45) is -0.339. The fourth-order valence-electron chi connectivity index (χ4n) is 1.86. The molecule has 0 aliphatic heterocycles. The maximum Gasteiger partial charge on any atom is 0.141 e. The molecule has 20 heavy (non-hydrogen) atoms. The van der Waals surface area contributed by atoms with E-state index in [1.807, 2.05) is 0 Å². The fraction of sp³-hybridized carbons (Fsp3) is 0.133. The normalized spacial score (nSPS) is 10.6. The van der Waals surface area contributed by atoms with E-state index in [1.54, 1.807) is 18.2 Å². The number of carbonyl (C=O) groups is 1. The molecule has 0 atom stereocenters. The topological polar surface area (TPSA) is 17.1 Å². The first-order chi connectivity index (χ1) is 9.49. The Morgan fingerprint density at radius 2 is 1.55 bits per heavy atom. The maximum atomic E-state index is 13.5. The van der Waals surface area contributed by atoms with Crippen LogP contribution in [-0.4, -0.2) is 5.78 Å². The SMILES string of the molecule is O=C(Cc1cccc(Cl)c1Cl)Cc1c(F)cccc1F. The van der Waals surface area contributed by atoms with Crippen molar-refractivity contribution in [3.8, 4) is 0 Å². The molecule has 2 aromatic carbocycles. The molecule has 0 aliphatic carbocycles. The third-order valence-electron chi connectivity index (χ3n) is 2.85. The number of rotatable bonds is 4. The Labute approximate surface area is 125 Å². The van der Waals surface area contributed by atoms with Crippen LogP contribution >= 0.6 is 23.2 Å². The number of Topliss-reactive ketones (excluding diaryl/α,β-unsaturated/α-hetero) is 1. The maximum absolute atomic E-state index is 13.5. The van der Waals surface area contributed by atoms with E-state index in [0.717, 1.165) is 12.1 Å². The molecule has 0 radical (unpaired) electrons. The van der Waals surface area contributed by atoms with Crippen LogP contribution in [0.15, 0.2) is 36.4 Å². The van der Waals surface area contributed by atoms with Crippen LogP contribution in [0.3, 0.4) is 0 Å². The summed E-state index contributed by atoms with van der Waals surface area (Å²) in [7, 11) is 0. The van der Waals surface area contributed by atoms with Crippen LogP contribution in [0, 0.1) is 11.6 Å². The van der Waals surface area contributed by atoms with Gasteiger partial charge in [0, 0.05) is 18.4 Å². The highest BCUT2D eigenvalue weighted by atomic mass is 35.5. The van der Waals surface area contributed by atoms with Crippen molar-refractivity contribution >= 4 is 29.0 Å². The Kier molecular flexibility index (Phi) is 4.73. The lowest BCUT2D eigenvalue weighted by Crippen LogP contribution is -2.10. The van der Waals surface area contributed by atoms with Gasteiger partial charge in [0.25, 0.3) is 0 Å². The van der Waals surface area contributed by atoms with Gasteiger partial charge in [0.05, 0.1) is 10.0 Å². The van der Waals surface area contributed by atoms with Crippen molar-refractivity contribution in [1.82, 2.24) is 0 Å². The van der Waals surface area contributed by atoms with E-state index in [-0.39, 0.29) is 29.2 Å². The molecular formula is C15H10Cl2F2O. The van der Waals surface area contributed by atoms with Gasteiger partial charge in [0.2, 0.25) is 0 Å². The number of hydrogen-bond donors (Lipinski definition) is 0. The standard InChI is InChI=1S/C15H10Cl2F2O/c16-12-4-1-3-9(15(12)17)7-10(20)8-11-13(18)5-2-6-14(11)19/h1-6H,7-8H2. The molecule has 5 heteroatoms. The van der Waals surface area contributed by atoms with E-state index in [4.69, 9.17) is 23.2 Å². The van der Waals surface area contributed by atoms with Gasteiger partial charge in [-0.15, -0.1) is 0 Å². The number of hydrogen-bond acceptors (Lipinski definition) is 1. The highest BCUT2D eigenvalue weighted by Crippen LogP contribution is 2.26. The summed E-state index contributed by atoms with van der Waals surface area (Å²) in [5, 5.41) is 0.630. The number of halogens is 4. The van der Waals surface area contributed by atoms with E-state index in [9.17, 15) is 13.6 Å². The first-order valence-corrected chi connectivity index (χ1v) is 6.62. The Hall–Kier alpha value is -1.45. The van der Waals surface area contributed by atoms with Crippen LogP contribution in [0.25, 0.3) is 0 Å². The van der Waals surface area contributed by atoms with Gasteiger partial charge in [-0.05, 0) is 23.8 Å². The van der Waals surface area contributed by atoms with Gasteiger partial charge in [-0.1, -0.05) is 41.4 Å². The second-order valence-corrected chi connectivity index (χ2v) is 5.09. The van der Waals surface area contributed by atoms with Crippen LogP contribution in [0.2, 0.25) is 10.0 Å². The van der Waals surface area contributed by atoms with Crippen LogP contribution in [0.4, 0.5) is 8.78 Å². The zero-order valence-corrected chi connectivity index (χ0v) is 11.8. The molecule has 104 valence electrons. The molecule has 0 heterocycles. The Morgan fingerprint density at radius 1 is 0.950 bits per heavy atom. The summed E-state index contributed by atoms with van der Waals surface area (Å²) in [4.78, 5) is 11.9. The molecule has 0 saturated heterocycles. The van der Waals surface area contributed by atoms with Gasteiger partial charge >= 0.3 is 0 Å². The van der Waals surface area contributed by atoms with Crippen LogP contribution in [0.1, 0.15) is 11.1 Å². The molecule has 0 aliphatic rings. The van der Waals surface area contributed by atoms with Crippen LogP contribution in [-0.2, 0) is 17.6 Å². The smallest absolute Gasteiger partial charge is 0.141 e. The summed E-state index contributed by atoms with van der Waals surface area (Å²) < 4.78 is 26.9. The highest BCUT2D eigenvalue weighted by molar-refractivity contribution is 6.42. The number of ketones is 1. The van der Waals surface area contributed by atoms with Gasteiger partial charge in [-0.25, -0.2) is 8.78 Å². The predicted molar refractivity (Wildman–Crippen MR) is 75.2 cm³/mol. The third-order valence-corrected chi connectivity index (χ3v) is 3.71. The lowest BCUT2D eigenvalue weighted by Gasteiger charge is -2.07. The van der Waals surface area contributed by atoms with E-state index < -0.39 is 11.6 Å². The van der Waals surface area contributed by atoms with Crippen molar-refractivity contribution in [3.05, 3.63) is 69.2 Å². The predicted octanol–water partition coefficient (Wildman–Crippen LogP) is 4.63. The second-order valence-electron chi connectivity index (χ2n) is 4.31. The van der Waals surface area contributed by atoms with Crippen molar-refractivity contribution in [2.45, 2.75) is 12.8 Å². The summed E-state index contributed by atoms with van der Waals surface area (Å²) in [6, 6.07) is 8.43. The largest absolute Gasteiger partial charge is 0.299 e. The number of carbonyl (C=O) groups excluding carboxylic acids is 1. The van der Waals surface area contributed by atoms with Gasteiger partial charge in [0.15, 0.2) is 0 Å². The Bertz CT molecular complexity index is 636. The average molecular weight is 315 g/mol. The minimum absolute atomic E-state index is 0.0207. The first kappa shape index (κ1) is 14.9. The molecule has 0 aromatic heterocycles. The summed E-state index contributed by atoms with van der Waals surface area (Å²) in [6.45, 7) is 0. The monoisotopic (exact) mass is 314 g/mol. The van der Waals surface area contributed by atoms with Gasteiger partial charge in [-0.2, -0.15) is 0 Å². The first-order valence-electron chi connectivity index (χ1n) is 5.86. The molecule has 0 bridgehead atoms. The molecule has 0 unspecified atom stereocenters. The second kappa shape index (κ2) is 6.33. The molecule has 2 aromatic rings. The molecule has 1 nitrogen and oxygen atoms in total. The van der Waals surface area contributed by atoms with Gasteiger partial charge in [0.1, 0.15) is 17.4 Å². The highest BCUT2D eigenvalue weighted by Gasteiger charge is 2.15. The zero-order valence-electron chi connectivity index (χ0n) is 10.3. The van der Waals surface area contributed by atoms with Gasteiger partial charge < -0.3 is 0 Å². The van der Waals surface area contributed by atoms with Crippen LogP contribution < -0.4 is 0 Å². The Morgan fingerprint density at radius 3 is 2.20 bits per heavy atom. The molecule has 0 N–H and O–H groups in total. The van der Waals surface area contributed by atoms with E-state index >= 15 is 0 Å². The van der Waals surface area contributed by atoms with E-state index in [0.29, 0.717) is 10.6 Å². The summed E-state index contributed by atoms with van der Waals surface area (Å²) in [5.74, 6) is -1.79. The van der Waals surface area contributed by atoms with Crippen molar-refractivity contribution < 1.29 is 13.6 Å². The quantitative estimate of drug-likeness (QED) is 0.804. The van der Waals surface area contributed by atoms with E-state index in [2.05, 4.69) is 0 Å².